The first kappa shape index (κ1) is 14.5. The molecule has 1 unspecified atom stereocenters. The first-order valence-corrected chi connectivity index (χ1v) is 8.39. The first-order chi connectivity index (χ1) is 11.3. The van der Waals surface area contributed by atoms with Crippen LogP contribution in [-0.4, -0.2) is 24.0 Å². The number of carbonyl (C=O) groups is 1. The summed E-state index contributed by atoms with van der Waals surface area (Å²) in [6.07, 6.45) is 3.28. The summed E-state index contributed by atoms with van der Waals surface area (Å²) in [5.41, 5.74) is 3.17. The highest BCUT2D eigenvalue weighted by Gasteiger charge is 2.36. The lowest BCUT2D eigenvalue weighted by molar-refractivity contribution is -0.0357. The summed E-state index contributed by atoms with van der Waals surface area (Å²) in [5, 5.41) is 0. The van der Waals surface area contributed by atoms with Crippen LogP contribution in [-0.2, 0) is 11.2 Å². The zero-order chi connectivity index (χ0) is 15.6. The molecule has 0 N–H and O–H groups in total. The van der Waals surface area contributed by atoms with E-state index in [2.05, 4.69) is 35.2 Å². The number of cyclic esters (lactones) is 1. The minimum absolute atomic E-state index is 0.183. The van der Waals surface area contributed by atoms with Crippen molar-refractivity contribution in [1.82, 2.24) is 4.90 Å². The van der Waals surface area contributed by atoms with Gasteiger partial charge < -0.3 is 4.74 Å². The Labute approximate surface area is 136 Å². The molecule has 2 aliphatic heterocycles. The number of ether oxygens (including phenoxy) is 1. The second-order valence-corrected chi connectivity index (χ2v) is 6.51. The second kappa shape index (κ2) is 6.17. The van der Waals surface area contributed by atoms with E-state index in [1.54, 1.807) is 0 Å². The highest BCUT2D eigenvalue weighted by atomic mass is 16.6. The normalized spacial score (nSPS) is 21.9. The summed E-state index contributed by atoms with van der Waals surface area (Å²) in [6.45, 7) is 1.98. The molecular formula is C20H21NO2. The second-order valence-electron chi connectivity index (χ2n) is 6.51. The van der Waals surface area contributed by atoms with E-state index in [1.165, 1.54) is 5.56 Å². The molecule has 1 atom stereocenters. The van der Waals surface area contributed by atoms with Gasteiger partial charge >= 0.3 is 5.97 Å². The molecule has 0 aromatic heterocycles. The van der Waals surface area contributed by atoms with Crippen LogP contribution in [0.1, 0.15) is 40.6 Å². The smallest absolute Gasteiger partial charge is 0.340 e. The molecular weight excluding hydrogens is 286 g/mol. The number of hydrogen-bond donors (Lipinski definition) is 0. The number of nitrogens with zero attached hydrogens (tertiary/aromatic N) is 1. The van der Waals surface area contributed by atoms with Gasteiger partial charge in [-0.25, -0.2) is 4.79 Å². The van der Waals surface area contributed by atoms with E-state index in [0.29, 0.717) is 0 Å². The first-order valence-electron chi connectivity index (χ1n) is 8.39. The number of hydrogen-bond acceptors (Lipinski definition) is 3. The van der Waals surface area contributed by atoms with Crippen LogP contribution in [0.3, 0.4) is 0 Å². The average Bonchev–Trinajstić information content (AvgIpc) is 2.94. The van der Waals surface area contributed by atoms with Crippen molar-refractivity contribution in [3.63, 3.8) is 0 Å². The van der Waals surface area contributed by atoms with E-state index in [-0.39, 0.29) is 12.2 Å². The maximum atomic E-state index is 12.0. The molecule has 2 aliphatic rings. The molecule has 0 amide bonds. The van der Waals surface area contributed by atoms with Crippen LogP contribution in [0, 0.1) is 5.92 Å². The van der Waals surface area contributed by atoms with Gasteiger partial charge in [-0.2, -0.15) is 0 Å². The Morgan fingerprint density at radius 3 is 2.43 bits per heavy atom. The molecule has 0 aliphatic carbocycles. The van der Waals surface area contributed by atoms with E-state index < -0.39 is 0 Å². The van der Waals surface area contributed by atoms with Crippen LogP contribution in [0.25, 0.3) is 0 Å². The molecule has 2 aromatic rings. The molecule has 3 heteroatoms. The maximum absolute atomic E-state index is 12.0. The molecule has 0 saturated carbocycles. The molecule has 0 spiro atoms. The van der Waals surface area contributed by atoms with Gasteiger partial charge in [0.25, 0.3) is 0 Å². The Kier molecular flexibility index (Phi) is 3.88. The highest BCUT2D eigenvalue weighted by molar-refractivity contribution is 5.93. The average molecular weight is 307 g/mol. The minimum Gasteiger partial charge on any atom is -0.438 e. The number of rotatable bonds is 3. The number of piperidine rings is 1. The lowest BCUT2D eigenvalue weighted by Crippen LogP contribution is -2.37. The molecule has 2 heterocycles. The molecule has 118 valence electrons. The van der Waals surface area contributed by atoms with Crippen LogP contribution in [0.4, 0.5) is 0 Å². The van der Waals surface area contributed by atoms with Crippen molar-refractivity contribution >= 4 is 5.97 Å². The van der Waals surface area contributed by atoms with E-state index >= 15 is 0 Å². The number of carbonyl (C=O) groups excluding carboxylic acids is 1. The summed E-state index contributed by atoms with van der Waals surface area (Å²) in [7, 11) is 0. The predicted octanol–water partition coefficient (Wildman–Crippen LogP) is 3.81. The highest BCUT2D eigenvalue weighted by Crippen LogP contribution is 2.35. The fourth-order valence-corrected chi connectivity index (χ4v) is 3.74. The maximum Gasteiger partial charge on any atom is 0.340 e. The summed E-state index contributed by atoms with van der Waals surface area (Å²) < 4.78 is 5.61. The van der Waals surface area contributed by atoms with Gasteiger partial charge in [0, 0.05) is 18.7 Å². The van der Waals surface area contributed by atoms with Crippen molar-refractivity contribution < 1.29 is 9.53 Å². The molecule has 2 aromatic carbocycles. The van der Waals surface area contributed by atoms with E-state index in [0.717, 1.165) is 49.4 Å². The van der Waals surface area contributed by atoms with Crippen molar-refractivity contribution in [2.75, 3.05) is 13.1 Å². The Balaban J connectivity index is 1.40. The Hall–Kier alpha value is -2.13. The zero-order valence-electron chi connectivity index (χ0n) is 13.2. The minimum atomic E-state index is -0.184. The standard InChI is InChI=1S/C20H21NO2/c22-20-18-9-5-4-8-17(18)19(23-20)21-12-10-16(11-13-21)14-15-6-2-1-3-7-15/h1-9,16,19H,10-14H2. The molecule has 1 saturated heterocycles. The van der Waals surface area contributed by atoms with Crippen LogP contribution in [0.5, 0.6) is 0 Å². The number of benzene rings is 2. The predicted molar refractivity (Wildman–Crippen MR) is 89.0 cm³/mol. The summed E-state index contributed by atoms with van der Waals surface area (Å²) in [6, 6.07) is 18.5. The molecule has 3 nitrogen and oxygen atoms in total. The molecule has 1 fully saturated rings. The fraction of sp³-hybridized carbons (Fsp3) is 0.350. The summed E-state index contributed by atoms with van der Waals surface area (Å²) in [4.78, 5) is 14.3. The van der Waals surface area contributed by atoms with Crippen molar-refractivity contribution in [1.29, 1.82) is 0 Å². The summed E-state index contributed by atoms with van der Waals surface area (Å²) >= 11 is 0. The SMILES string of the molecule is O=C1OC(N2CCC(Cc3ccccc3)CC2)c2ccccc21. The quantitative estimate of drug-likeness (QED) is 0.808. The van der Waals surface area contributed by atoms with Crippen molar-refractivity contribution in [3.05, 3.63) is 71.3 Å². The van der Waals surface area contributed by atoms with Gasteiger partial charge in [-0.1, -0.05) is 48.5 Å². The largest absolute Gasteiger partial charge is 0.438 e. The van der Waals surface area contributed by atoms with Gasteiger partial charge in [0.2, 0.25) is 0 Å². The monoisotopic (exact) mass is 307 g/mol. The molecule has 0 bridgehead atoms. The van der Waals surface area contributed by atoms with Gasteiger partial charge in [-0.15, -0.1) is 0 Å². The van der Waals surface area contributed by atoms with E-state index in [1.807, 2.05) is 24.3 Å². The zero-order valence-corrected chi connectivity index (χ0v) is 13.2. The van der Waals surface area contributed by atoms with Crippen LogP contribution in [0.2, 0.25) is 0 Å². The van der Waals surface area contributed by atoms with Crippen LogP contribution >= 0.6 is 0 Å². The van der Waals surface area contributed by atoms with Gasteiger partial charge in [-0.3, -0.25) is 4.90 Å². The molecule has 23 heavy (non-hydrogen) atoms. The van der Waals surface area contributed by atoms with E-state index in [9.17, 15) is 4.79 Å². The van der Waals surface area contributed by atoms with E-state index in [4.69, 9.17) is 4.74 Å². The van der Waals surface area contributed by atoms with Gasteiger partial charge in [-0.05, 0) is 36.8 Å². The lowest BCUT2D eigenvalue weighted by atomic mass is 9.90. The Morgan fingerprint density at radius 2 is 1.65 bits per heavy atom. The number of fused-ring (bicyclic) bond motifs is 1. The van der Waals surface area contributed by atoms with Gasteiger partial charge in [0.05, 0.1) is 5.56 Å². The lowest BCUT2D eigenvalue weighted by Gasteiger charge is -2.35. The van der Waals surface area contributed by atoms with Crippen LogP contribution < -0.4 is 0 Å². The van der Waals surface area contributed by atoms with Gasteiger partial charge in [0.15, 0.2) is 6.23 Å². The Bertz CT molecular complexity index is 690. The number of esters is 1. The third-order valence-corrected chi connectivity index (χ3v) is 5.01. The van der Waals surface area contributed by atoms with Crippen molar-refractivity contribution in [2.24, 2.45) is 5.92 Å². The topological polar surface area (TPSA) is 29.5 Å². The summed E-state index contributed by atoms with van der Waals surface area (Å²) in [5.74, 6) is 0.540. The number of likely N-dealkylation sites (tertiary alicyclic amines) is 1. The third kappa shape index (κ3) is 2.89. The van der Waals surface area contributed by atoms with Crippen molar-refractivity contribution in [2.45, 2.75) is 25.5 Å². The van der Waals surface area contributed by atoms with Crippen molar-refractivity contribution in [3.8, 4) is 0 Å². The fourth-order valence-electron chi connectivity index (χ4n) is 3.74. The molecule has 0 radical (unpaired) electrons. The third-order valence-electron chi connectivity index (χ3n) is 5.01. The Morgan fingerprint density at radius 1 is 0.957 bits per heavy atom. The van der Waals surface area contributed by atoms with Crippen LogP contribution in [0.15, 0.2) is 54.6 Å². The molecule has 4 rings (SSSR count). The van der Waals surface area contributed by atoms with Gasteiger partial charge in [0.1, 0.15) is 0 Å².